The summed E-state index contributed by atoms with van der Waals surface area (Å²) in [7, 11) is 0. The number of nitrogens with zero attached hydrogens (tertiary/aromatic N) is 1. The van der Waals surface area contributed by atoms with E-state index in [0.717, 1.165) is 11.1 Å². The summed E-state index contributed by atoms with van der Waals surface area (Å²) in [6, 6.07) is 3.55. The fourth-order valence-electron chi connectivity index (χ4n) is 1.78. The number of fused-ring (bicyclic) bond motifs is 1. The highest BCUT2D eigenvalue weighted by atomic mass is 35.5. The summed E-state index contributed by atoms with van der Waals surface area (Å²) in [5.74, 6) is 1.81. The van der Waals surface area contributed by atoms with Gasteiger partial charge in [0.2, 0.25) is 0 Å². The second-order valence-corrected chi connectivity index (χ2v) is 4.08. The molecule has 1 aromatic carbocycles. The highest BCUT2D eigenvalue weighted by Gasteiger charge is 2.17. The van der Waals surface area contributed by atoms with Crippen molar-refractivity contribution in [2.24, 2.45) is 0 Å². The molecular formula is C11H10ClN3O2. The summed E-state index contributed by atoms with van der Waals surface area (Å²) in [4.78, 5) is 0. The third kappa shape index (κ3) is 1.68. The van der Waals surface area contributed by atoms with Crippen LogP contribution in [0.2, 0.25) is 5.02 Å². The zero-order valence-electron chi connectivity index (χ0n) is 8.87. The molecule has 0 radical (unpaired) electrons. The van der Waals surface area contributed by atoms with Crippen LogP contribution in [0.25, 0.3) is 11.1 Å². The number of nitrogen functional groups attached to an aromatic ring is 1. The van der Waals surface area contributed by atoms with Crippen LogP contribution in [0.3, 0.4) is 0 Å². The van der Waals surface area contributed by atoms with Crippen LogP contribution in [-0.4, -0.2) is 23.4 Å². The van der Waals surface area contributed by atoms with E-state index < -0.39 is 0 Å². The minimum absolute atomic E-state index is 0.476. The van der Waals surface area contributed by atoms with E-state index in [0.29, 0.717) is 35.6 Å². The molecule has 1 aromatic heterocycles. The minimum Gasteiger partial charge on any atom is -0.486 e. The van der Waals surface area contributed by atoms with Crippen molar-refractivity contribution in [1.29, 1.82) is 0 Å². The van der Waals surface area contributed by atoms with Gasteiger partial charge in [-0.3, -0.25) is 5.10 Å². The van der Waals surface area contributed by atoms with Crippen LogP contribution in [0, 0.1) is 0 Å². The van der Waals surface area contributed by atoms with Crippen molar-refractivity contribution < 1.29 is 9.47 Å². The Hall–Kier alpha value is -1.88. The van der Waals surface area contributed by atoms with Crippen molar-refractivity contribution in [2.45, 2.75) is 0 Å². The van der Waals surface area contributed by atoms with Gasteiger partial charge in [-0.1, -0.05) is 11.6 Å². The largest absolute Gasteiger partial charge is 0.486 e. The van der Waals surface area contributed by atoms with E-state index >= 15 is 0 Å². The molecule has 88 valence electrons. The van der Waals surface area contributed by atoms with Gasteiger partial charge in [-0.15, -0.1) is 0 Å². The van der Waals surface area contributed by atoms with E-state index in [1.54, 1.807) is 12.3 Å². The third-order valence-corrected chi connectivity index (χ3v) is 2.90. The van der Waals surface area contributed by atoms with Crippen molar-refractivity contribution in [1.82, 2.24) is 10.2 Å². The molecule has 17 heavy (non-hydrogen) atoms. The van der Waals surface area contributed by atoms with Gasteiger partial charge in [0, 0.05) is 17.2 Å². The average Bonchev–Trinajstić information content (AvgIpc) is 2.74. The molecule has 0 saturated carbocycles. The average molecular weight is 252 g/mol. The van der Waals surface area contributed by atoms with Crippen LogP contribution in [-0.2, 0) is 0 Å². The number of benzene rings is 1. The predicted molar refractivity (Wildman–Crippen MR) is 64.4 cm³/mol. The monoisotopic (exact) mass is 251 g/mol. The highest BCUT2D eigenvalue weighted by molar-refractivity contribution is 6.33. The van der Waals surface area contributed by atoms with E-state index in [1.807, 2.05) is 6.07 Å². The number of hydrogen-bond acceptors (Lipinski definition) is 4. The maximum atomic E-state index is 6.19. The Morgan fingerprint density at radius 1 is 1.18 bits per heavy atom. The lowest BCUT2D eigenvalue weighted by atomic mass is 10.1. The molecule has 6 heteroatoms. The zero-order chi connectivity index (χ0) is 11.8. The Morgan fingerprint density at radius 2 is 1.88 bits per heavy atom. The molecule has 0 spiro atoms. The number of hydrogen-bond donors (Lipinski definition) is 2. The van der Waals surface area contributed by atoms with Crippen molar-refractivity contribution in [3.8, 4) is 22.6 Å². The van der Waals surface area contributed by atoms with Crippen molar-refractivity contribution in [3.05, 3.63) is 23.4 Å². The quantitative estimate of drug-likeness (QED) is 0.814. The molecular weight excluding hydrogens is 242 g/mol. The number of aromatic nitrogens is 2. The first-order valence-electron chi connectivity index (χ1n) is 5.14. The Labute approximate surface area is 102 Å². The Balaban J connectivity index is 2.15. The number of rotatable bonds is 1. The molecule has 5 nitrogen and oxygen atoms in total. The Kier molecular flexibility index (Phi) is 2.33. The number of nitrogens with two attached hydrogens (primary N) is 1. The van der Waals surface area contributed by atoms with Gasteiger partial charge in [-0.25, -0.2) is 0 Å². The lowest BCUT2D eigenvalue weighted by Gasteiger charge is -2.19. The number of halogens is 1. The number of nitrogens with one attached hydrogen (secondary N) is 1. The number of ether oxygens (including phenoxy) is 2. The molecule has 2 heterocycles. The minimum atomic E-state index is 0.476. The maximum absolute atomic E-state index is 6.19. The lowest BCUT2D eigenvalue weighted by molar-refractivity contribution is 0.171. The van der Waals surface area contributed by atoms with Crippen LogP contribution in [0.15, 0.2) is 18.3 Å². The number of anilines is 1. The van der Waals surface area contributed by atoms with Crippen LogP contribution >= 0.6 is 11.6 Å². The van der Waals surface area contributed by atoms with Crippen molar-refractivity contribution in [3.63, 3.8) is 0 Å². The molecule has 0 atom stereocenters. The number of H-pyrrole nitrogens is 1. The topological polar surface area (TPSA) is 73.2 Å². The summed E-state index contributed by atoms with van der Waals surface area (Å²) in [5, 5.41) is 7.10. The van der Waals surface area contributed by atoms with Gasteiger partial charge in [-0.05, 0) is 6.07 Å². The van der Waals surface area contributed by atoms with Crippen LogP contribution in [0.1, 0.15) is 0 Å². The van der Waals surface area contributed by atoms with E-state index in [1.165, 1.54) is 0 Å². The SMILES string of the molecule is Nc1[nH]ncc1-c1cc2c(cc1Cl)OCCO2. The van der Waals surface area contributed by atoms with Gasteiger partial charge >= 0.3 is 0 Å². The van der Waals surface area contributed by atoms with E-state index in [4.69, 9.17) is 26.8 Å². The van der Waals surface area contributed by atoms with E-state index in [-0.39, 0.29) is 0 Å². The van der Waals surface area contributed by atoms with Gasteiger partial charge in [0.1, 0.15) is 19.0 Å². The molecule has 0 bridgehead atoms. The summed E-state index contributed by atoms with van der Waals surface area (Å²) in [5.41, 5.74) is 7.31. The van der Waals surface area contributed by atoms with Crippen molar-refractivity contribution >= 4 is 17.4 Å². The van der Waals surface area contributed by atoms with Crippen LogP contribution in [0.4, 0.5) is 5.82 Å². The Bertz CT molecular complexity index is 568. The normalized spacial score (nSPS) is 13.7. The zero-order valence-corrected chi connectivity index (χ0v) is 9.62. The first-order chi connectivity index (χ1) is 8.25. The molecule has 0 saturated heterocycles. The summed E-state index contributed by atoms with van der Waals surface area (Å²) < 4.78 is 10.9. The van der Waals surface area contributed by atoms with Gasteiger partial charge in [0.25, 0.3) is 0 Å². The first kappa shape index (κ1) is 10.3. The molecule has 3 rings (SSSR count). The molecule has 0 aliphatic carbocycles. The lowest BCUT2D eigenvalue weighted by Crippen LogP contribution is -2.15. The second kappa shape index (κ2) is 3.85. The van der Waals surface area contributed by atoms with Gasteiger partial charge in [-0.2, -0.15) is 5.10 Å². The smallest absolute Gasteiger partial charge is 0.162 e. The Morgan fingerprint density at radius 3 is 2.53 bits per heavy atom. The number of aromatic amines is 1. The van der Waals surface area contributed by atoms with E-state index in [9.17, 15) is 0 Å². The van der Waals surface area contributed by atoms with Gasteiger partial charge in [0.15, 0.2) is 11.5 Å². The highest BCUT2D eigenvalue weighted by Crippen LogP contribution is 2.40. The van der Waals surface area contributed by atoms with Gasteiger partial charge in [0.05, 0.1) is 11.2 Å². The van der Waals surface area contributed by atoms with E-state index in [2.05, 4.69) is 10.2 Å². The fourth-order valence-corrected chi connectivity index (χ4v) is 2.04. The molecule has 2 aromatic rings. The van der Waals surface area contributed by atoms with Crippen LogP contribution < -0.4 is 15.2 Å². The van der Waals surface area contributed by atoms with Crippen LogP contribution in [0.5, 0.6) is 11.5 Å². The van der Waals surface area contributed by atoms with Crippen molar-refractivity contribution in [2.75, 3.05) is 18.9 Å². The molecule has 0 unspecified atom stereocenters. The molecule has 0 fully saturated rings. The first-order valence-corrected chi connectivity index (χ1v) is 5.52. The third-order valence-electron chi connectivity index (χ3n) is 2.59. The standard InChI is InChI=1S/C11H10ClN3O2/c12-8-4-10-9(16-1-2-17-10)3-6(8)7-5-14-15-11(7)13/h3-5H,1-2H2,(H3,13,14,15). The van der Waals surface area contributed by atoms with Gasteiger partial charge < -0.3 is 15.2 Å². The predicted octanol–water partition coefficient (Wildman–Crippen LogP) is 2.08. The molecule has 3 N–H and O–H groups in total. The summed E-state index contributed by atoms with van der Waals surface area (Å²) >= 11 is 6.19. The summed E-state index contributed by atoms with van der Waals surface area (Å²) in [6.45, 7) is 1.07. The molecule has 0 amide bonds. The maximum Gasteiger partial charge on any atom is 0.162 e. The molecule has 1 aliphatic heterocycles. The molecule has 1 aliphatic rings. The summed E-state index contributed by atoms with van der Waals surface area (Å²) in [6.07, 6.45) is 1.63. The fraction of sp³-hybridized carbons (Fsp3) is 0.182. The second-order valence-electron chi connectivity index (χ2n) is 3.67.